The summed E-state index contributed by atoms with van der Waals surface area (Å²) in [6, 6.07) is 16.4. The fourth-order valence-electron chi connectivity index (χ4n) is 2.57. The van der Waals surface area contributed by atoms with Gasteiger partial charge in [0.05, 0.1) is 5.66 Å². The van der Waals surface area contributed by atoms with Crippen molar-refractivity contribution in [1.29, 1.82) is 0 Å². The Kier molecular flexibility index (Phi) is 5.72. The van der Waals surface area contributed by atoms with Crippen LogP contribution in [0.25, 0.3) is 0 Å². The lowest BCUT2D eigenvalue weighted by molar-refractivity contribution is 0.0999. The topological polar surface area (TPSA) is 78.6 Å². The van der Waals surface area contributed by atoms with Crippen molar-refractivity contribution in [2.45, 2.75) is 12.1 Å². The van der Waals surface area contributed by atoms with Gasteiger partial charge in [-0.3, -0.25) is 9.36 Å². The number of carbonyl (C=O) groups is 1. The van der Waals surface area contributed by atoms with Gasteiger partial charge in [-0.25, -0.2) is 0 Å². The average Bonchev–Trinajstić information content (AvgIpc) is 2.60. The van der Waals surface area contributed by atoms with Crippen molar-refractivity contribution in [1.82, 2.24) is 0 Å². The summed E-state index contributed by atoms with van der Waals surface area (Å²) in [6.45, 7) is 0. The second-order valence-electron chi connectivity index (χ2n) is 5.06. The Morgan fingerprint density at radius 2 is 1.61 bits per heavy atom. The molecule has 0 saturated carbocycles. The number of carbonyl (C=O) groups excluding carboxylic acids is 1. The summed E-state index contributed by atoms with van der Waals surface area (Å²) in [4.78, 5) is 11.7. The molecule has 0 aromatic heterocycles. The van der Waals surface area contributed by atoms with Crippen molar-refractivity contribution < 1.29 is 18.4 Å². The van der Waals surface area contributed by atoms with Gasteiger partial charge in [-0.2, -0.15) is 0 Å². The normalized spacial score (nSPS) is 12.8. The smallest absolute Gasteiger partial charge is 0.337 e. The molecule has 122 valence electrons. The Labute approximate surface area is 136 Å². The SMILES string of the molecule is COP(=O)(OC)C(Cc1ccccc1)c1ccccc1C(N)=O. The number of nitrogens with two attached hydrogens (primary N) is 1. The molecule has 23 heavy (non-hydrogen) atoms. The van der Waals surface area contributed by atoms with Gasteiger partial charge in [0.15, 0.2) is 0 Å². The van der Waals surface area contributed by atoms with E-state index in [0.717, 1.165) is 5.56 Å². The van der Waals surface area contributed by atoms with Crippen molar-refractivity contribution in [2.24, 2.45) is 5.73 Å². The predicted octanol–water partition coefficient (Wildman–Crippen LogP) is 3.56. The van der Waals surface area contributed by atoms with Crippen molar-refractivity contribution in [3.63, 3.8) is 0 Å². The Hall–Kier alpha value is -1.94. The fraction of sp³-hybridized carbons (Fsp3) is 0.235. The van der Waals surface area contributed by atoms with E-state index in [9.17, 15) is 9.36 Å². The number of amides is 1. The molecule has 5 nitrogen and oxygen atoms in total. The molecule has 0 aliphatic rings. The van der Waals surface area contributed by atoms with E-state index in [-0.39, 0.29) is 0 Å². The second kappa shape index (κ2) is 7.55. The number of benzene rings is 2. The van der Waals surface area contributed by atoms with Gasteiger partial charge < -0.3 is 14.8 Å². The van der Waals surface area contributed by atoms with Crippen LogP contribution >= 0.6 is 7.60 Å². The van der Waals surface area contributed by atoms with Gasteiger partial charge in [0.1, 0.15) is 0 Å². The van der Waals surface area contributed by atoms with Crippen LogP contribution in [0, 0.1) is 0 Å². The number of rotatable bonds is 7. The summed E-state index contributed by atoms with van der Waals surface area (Å²) in [7, 11) is -0.768. The quantitative estimate of drug-likeness (QED) is 0.786. The molecule has 0 bridgehead atoms. The Morgan fingerprint density at radius 1 is 1.04 bits per heavy atom. The van der Waals surface area contributed by atoms with Crippen LogP contribution in [0.5, 0.6) is 0 Å². The summed E-state index contributed by atoms with van der Waals surface area (Å²) in [6.07, 6.45) is 0.407. The summed E-state index contributed by atoms with van der Waals surface area (Å²) >= 11 is 0. The van der Waals surface area contributed by atoms with Gasteiger partial charge in [0.25, 0.3) is 0 Å². The molecular formula is C17H20NO4P. The summed E-state index contributed by atoms with van der Waals surface area (Å²) in [5.41, 5.74) is 6.69. The van der Waals surface area contributed by atoms with E-state index in [0.29, 0.717) is 17.5 Å². The largest absolute Gasteiger partial charge is 0.366 e. The second-order valence-corrected chi connectivity index (χ2v) is 7.50. The highest BCUT2D eigenvalue weighted by atomic mass is 31.2. The molecule has 1 amide bonds. The molecule has 1 unspecified atom stereocenters. The van der Waals surface area contributed by atoms with Crippen LogP contribution in [-0.2, 0) is 20.0 Å². The third-order valence-corrected chi connectivity index (χ3v) is 5.99. The minimum absolute atomic E-state index is 0.322. The lowest BCUT2D eigenvalue weighted by atomic mass is 9.99. The van der Waals surface area contributed by atoms with Gasteiger partial charge in [0.2, 0.25) is 5.91 Å². The van der Waals surface area contributed by atoms with E-state index in [1.807, 2.05) is 30.3 Å². The first kappa shape index (κ1) is 17.4. The number of primary amides is 1. The molecule has 0 saturated heterocycles. The molecule has 1 atom stereocenters. The Balaban J connectivity index is 2.54. The molecule has 0 aliphatic heterocycles. The van der Waals surface area contributed by atoms with Crippen LogP contribution in [0.1, 0.15) is 27.1 Å². The van der Waals surface area contributed by atoms with Crippen LogP contribution < -0.4 is 5.73 Å². The monoisotopic (exact) mass is 333 g/mol. The average molecular weight is 333 g/mol. The molecule has 0 aliphatic carbocycles. The number of hydrogen-bond donors (Lipinski definition) is 1. The first-order valence-electron chi connectivity index (χ1n) is 7.15. The van der Waals surface area contributed by atoms with Crippen LogP contribution in [0.15, 0.2) is 54.6 Å². The molecule has 0 spiro atoms. The molecular weight excluding hydrogens is 313 g/mol. The maximum atomic E-state index is 13.0. The van der Waals surface area contributed by atoms with E-state index in [2.05, 4.69) is 0 Å². The molecule has 2 N–H and O–H groups in total. The lowest BCUT2D eigenvalue weighted by Crippen LogP contribution is -2.17. The van der Waals surface area contributed by atoms with E-state index >= 15 is 0 Å². The van der Waals surface area contributed by atoms with Gasteiger partial charge in [0, 0.05) is 19.8 Å². The molecule has 0 fully saturated rings. The molecule has 0 heterocycles. The van der Waals surface area contributed by atoms with Crippen molar-refractivity contribution in [3.05, 3.63) is 71.3 Å². The van der Waals surface area contributed by atoms with Gasteiger partial charge in [-0.1, -0.05) is 48.5 Å². The maximum Gasteiger partial charge on any atom is 0.337 e. The van der Waals surface area contributed by atoms with Gasteiger partial charge >= 0.3 is 7.60 Å². The minimum Gasteiger partial charge on any atom is -0.366 e. The molecule has 0 radical (unpaired) electrons. The third kappa shape index (κ3) is 3.88. The summed E-state index contributed by atoms with van der Waals surface area (Å²) < 4.78 is 23.4. The first-order chi connectivity index (χ1) is 11.0. The van der Waals surface area contributed by atoms with Crippen molar-refractivity contribution >= 4 is 13.5 Å². The highest BCUT2D eigenvalue weighted by molar-refractivity contribution is 7.54. The molecule has 6 heteroatoms. The zero-order valence-electron chi connectivity index (χ0n) is 13.1. The standard InChI is InChI=1S/C17H20NO4P/c1-21-23(20,22-2)16(12-13-8-4-3-5-9-13)14-10-6-7-11-15(14)17(18)19/h3-11,16H,12H2,1-2H3,(H2,18,19). The highest BCUT2D eigenvalue weighted by Crippen LogP contribution is 2.61. The van der Waals surface area contributed by atoms with Crippen LogP contribution in [-0.4, -0.2) is 20.1 Å². The third-order valence-electron chi connectivity index (χ3n) is 3.75. The van der Waals surface area contributed by atoms with Crippen LogP contribution in [0.4, 0.5) is 0 Å². The lowest BCUT2D eigenvalue weighted by Gasteiger charge is -2.26. The summed E-state index contributed by atoms with van der Waals surface area (Å²) in [5, 5.41) is 0. The molecule has 2 aromatic carbocycles. The first-order valence-corrected chi connectivity index (χ1v) is 8.77. The Bertz CT molecular complexity index is 710. The predicted molar refractivity (Wildman–Crippen MR) is 89.5 cm³/mol. The van der Waals surface area contributed by atoms with E-state index < -0.39 is 19.2 Å². The highest BCUT2D eigenvalue weighted by Gasteiger charge is 2.37. The van der Waals surface area contributed by atoms with Crippen molar-refractivity contribution in [3.8, 4) is 0 Å². The van der Waals surface area contributed by atoms with Crippen molar-refractivity contribution in [2.75, 3.05) is 14.2 Å². The van der Waals surface area contributed by atoms with E-state index in [1.165, 1.54) is 14.2 Å². The van der Waals surface area contributed by atoms with Crippen LogP contribution in [0.3, 0.4) is 0 Å². The van der Waals surface area contributed by atoms with Gasteiger partial charge in [-0.05, 0) is 23.6 Å². The molecule has 2 aromatic rings. The number of hydrogen-bond acceptors (Lipinski definition) is 4. The molecule has 2 rings (SSSR count). The zero-order chi connectivity index (χ0) is 16.9. The van der Waals surface area contributed by atoms with E-state index in [1.54, 1.807) is 24.3 Å². The fourth-order valence-corrected chi connectivity index (χ4v) is 4.23. The van der Waals surface area contributed by atoms with E-state index in [4.69, 9.17) is 14.8 Å². The Morgan fingerprint density at radius 3 is 2.17 bits per heavy atom. The summed E-state index contributed by atoms with van der Waals surface area (Å²) in [5.74, 6) is -0.572. The minimum atomic E-state index is -3.45. The van der Waals surface area contributed by atoms with Gasteiger partial charge in [-0.15, -0.1) is 0 Å². The van der Waals surface area contributed by atoms with Crippen LogP contribution in [0.2, 0.25) is 0 Å². The zero-order valence-corrected chi connectivity index (χ0v) is 14.0. The maximum absolute atomic E-state index is 13.0.